The number of thioether (sulfide) groups is 1. The molecule has 132 valence electrons. The molecule has 26 heavy (non-hydrogen) atoms. The Morgan fingerprint density at radius 2 is 1.92 bits per heavy atom. The predicted molar refractivity (Wildman–Crippen MR) is 109 cm³/mol. The second-order valence-electron chi connectivity index (χ2n) is 5.81. The number of benzene rings is 2. The van der Waals surface area contributed by atoms with Gasteiger partial charge in [0.05, 0.1) is 17.2 Å². The first-order valence-electron chi connectivity index (χ1n) is 8.29. The fourth-order valence-electron chi connectivity index (χ4n) is 3.03. The van der Waals surface area contributed by atoms with Gasteiger partial charge in [-0.15, -0.1) is 10.2 Å². The van der Waals surface area contributed by atoms with Crippen molar-refractivity contribution < 1.29 is 0 Å². The van der Waals surface area contributed by atoms with Crippen LogP contribution in [0.15, 0.2) is 47.5 Å². The Labute approximate surface area is 166 Å². The van der Waals surface area contributed by atoms with Crippen molar-refractivity contribution in [3.63, 3.8) is 0 Å². The average Bonchev–Trinajstić information content (AvgIpc) is 2.97. The molecule has 0 bridgehead atoms. The summed E-state index contributed by atoms with van der Waals surface area (Å²) in [7, 11) is 0. The predicted octanol–water partition coefficient (Wildman–Crippen LogP) is 5.18. The molecule has 0 radical (unpaired) electrons. The number of halogens is 2. The van der Waals surface area contributed by atoms with Gasteiger partial charge in [-0.2, -0.15) is 11.8 Å². The lowest BCUT2D eigenvalue weighted by Crippen LogP contribution is -2.09. The van der Waals surface area contributed by atoms with Crippen LogP contribution in [0.2, 0.25) is 10.0 Å². The zero-order valence-corrected chi connectivity index (χ0v) is 16.4. The smallest absolute Gasteiger partial charge is 0.159 e. The summed E-state index contributed by atoms with van der Waals surface area (Å²) in [5, 5.41) is 10.1. The summed E-state index contributed by atoms with van der Waals surface area (Å²) in [4.78, 5) is 4.82. The van der Waals surface area contributed by atoms with E-state index in [1.165, 1.54) is 0 Å². The third-order valence-corrected chi connectivity index (χ3v) is 5.63. The van der Waals surface area contributed by atoms with Gasteiger partial charge in [0.2, 0.25) is 0 Å². The quantitative estimate of drug-likeness (QED) is 0.603. The number of aromatic nitrogens is 3. The highest BCUT2D eigenvalue weighted by Crippen LogP contribution is 2.31. The Hall–Kier alpha value is -1.82. The largest absolute Gasteiger partial charge is 0.280 e. The van der Waals surface area contributed by atoms with E-state index in [1.54, 1.807) is 0 Å². The Morgan fingerprint density at radius 3 is 2.73 bits per heavy atom. The first-order chi connectivity index (χ1) is 12.7. The lowest BCUT2D eigenvalue weighted by Gasteiger charge is -2.14. The topological polar surface area (TPSA) is 43.1 Å². The van der Waals surface area contributed by atoms with Gasteiger partial charge in [-0.3, -0.25) is 9.56 Å². The van der Waals surface area contributed by atoms with E-state index in [1.807, 2.05) is 54.2 Å². The molecular weight excluding hydrogens is 387 g/mol. The second-order valence-corrected chi connectivity index (χ2v) is 7.93. The fraction of sp³-hybridized carbons (Fsp3) is 0.211. The molecule has 0 amide bonds. The lowest BCUT2D eigenvalue weighted by atomic mass is 10.0. The van der Waals surface area contributed by atoms with Crippen LogP contribution >= 0.6 is 35.0 Å². The van der Waals surface area contributed by atoms with Gasteiger partial charge in [0, 0.05) is 21.2 Å². The van der Waals surface area contributed by atoms with Crippen molar-refractivity contribution in [1.82, 2.24) is 14.8 Å². The number of fused-ring (bicyclic) bond motifs is 3. The fourth-order valence-corrected chi connectivity index (χ4v) is 4.00. The molecule has 4 nitrogen and oxygen atoms in total. The molecule has 0 saturated carbocycles. The summed E-state index contributed by atoms with van der Waals surface area (Å²) in [6, 6.07) is 13.5. The molecular formula is C19H16Cl2N4S. The molecule has 2 heterocycles. The molecule has 1 aliphatic rings. The van der Waals surface area contributed by atoms with Gasteiger partial charge < -0.3 is 0 Å². The number of hydrogen-bond donors (Lipinski definition) is 0. The van der Waals surface area contributed by atoms with Crippen LogP contribution in [0.4, 0.5) is 0 Å². The molecule has 4 rings (SSSR count). The van der Waals surface area contributed by atoms with Crippen LogP contribution in [0, 0.1) is 0 Å². The highest BCUT2D eigenvalue weighted by molar-refractivity contribution is 7.98. The summed E-state index contributed by atoms with van der Waals surface area (Å²) in [6.45, 7) is 2.58. The Bertz CT molecular complexity index is 997. The van der Waals surface area contributed by atoms with E-state index in [2.05, 4.69) is 21.7 Å². The van der Waals surface area contributed by atoms with Gasteiger partial charge >= 0.3 is 0 Å². The first-order valence-corrected chi connectivity index (χ1v) is 10.2. The number of nitrogens with zero attached hydrogens (tertiary/aromatic N) is 4. The van der Waals surface area contributed by atoms with Crippen LogP contribution in [0.5, 0.6) is 0 Å². The van der Waals surface area contributed by atoms with Gasteiger partial charge in [-0.05, 0) is 30.0 Å². The minimum atomic E-state index is 0.441. The van der Waals surface area contributed by atoms with Crippen LogP contribution < -0.4 is 0 Å². The Balaban J connectivity index is 1.92. The van der Waals surface area contributed by atoms with Gasteiger partial charge in [0.1, 0.15) is 12.4 Å². The van der Waals surface area contributed by atoms with Crippen molar-refractivity contribution in [2.24, 2.45) is 4.99 Å². The molecule has 0 fully saturated rings. The van der Waals surface area contributed by atoms with Crippen LogP contribution in [-0.2, 0) is 12.3 Å². The molecule has 0 atom stereocenters. The van der Waals surface area contributed by atoms with E-state index < -0.39 is 0 Å². The standard InChI is InChI=1S/C19H16Cl2N4S/c1-2-26-11-18-24-23-17-10-22-19(13-5-3-4-6-15(13)21)14-9-12(20)7-8-16(14)25(17)18/h3-9H,2,10-11H2,1H3. The highest BCUT2D eigenvalue weighted by atomic mass is 35.5. The SMILES string of the molecule is CCSCc1nnc2n1-c1ccc(Cl)cc1C(c1ccccc1Cl)=NC2. The molecule has 0 saturated heterocycles. The van der Waals surface area contributed by atoms with Crippen molar-refractivity contribution in [2.45, 2.75) is 19.2 Å². The van der Waals surface area contributed by atoms with E-state index in [0.717, 1.165) is 45.7 Å². The Kier molecular flexibility index (Phi) is 5.02. The molecule has 1 aromatic heterocycles. The van der Waals surface area contributed by atoms with Gasteiger partial charge in [0.15, 0.2) is 5.82 Å². The van der Waals surface area contributed by atoms with Crippen LogP contribution in [0.3, 0.4) is 0 Å². The molecule has 7 heteroatoms. The maximum absolute atomic E-state index is 6.45. The van der Waals surface area contributed by atoms with E-state index >= 15 is 0 Å². The molecule has 3 aromatic rings. The minimum Gasteiger partial charge on any atom is -0.280 e. The van der Waals surface area contributed by atoms with Crippen molar-refractivity contribution >= 4 is 40.7 Å². The van der Waals surface area contributed by atoms with Crippen molar-refractivity contribution in [2.75, 3.05) is 5.75 Å². The van der Waals surface area contributed by atoms with Crippen molar-refractivity contribution in [3.8, 4) is 5.69 Å². The molecule has 0 unspecified atom stereocenters. The summed E-state index contributed by atoms with van der Waals surface area (Å²) in [6.07, 6.45) is 0. The second kappa shape index (κ2) is 7.43. The summed E-state index contributed by atoms with van der Waals surface area (Å²) in [5.74, 6) is 3.57. The minimum absolute atomic E-state index is 0.441. The van der Waals surface area contributed by atoms with Crippen molar-refractivity contribution in [1.29, 1.82) is 0 Å². The Morgan fingerprint density at radius 1 is 1.08 bits per heavy atom. The third-order valence-electron chi connectivity index (χ3n) is 4.19. The van der Waals surface area contributed by atoms with Crippen LogP contribution in [-0.4, -0.2) is 26.2 Å². The number of aliphatic imine (C=N–C) groups is 1. The zero-order chi connectivity index (χ0) is 18.1. The van der Waals surface area contributed by atoms with Gasteiger partial charge in [-0.1, -0.05) is 48.3 Å². The maximum Gasteiger partial charge on any atom is 0.159 e. The summed E-state index contributed by atoms with van der Waals surface area (Å²) in [5.41, 5.74) is 3.64. The zero-order valence-electron chi connectivity index (χ0n) is 14.1. The lowest BCUT2D eigenvalue weighted by molar-refractivity contribution is 0.859. The average molecular weight is 403 g/mol. The van der Waals surface area contributed by atoms with Crippen LogP contribution in [0.1, 0.15) is 29.7 Å². The van der Waals surface area contributed by atoms with E-state index in [0.29, 0.717) is 16.6 Å². The van der Waals surface area contributed by atoms with Gasteiger partial charge in [-0.25, -0.2) is 0 Å². The van der Waals surface area contributed by atoms with E-state index in [-0.39, 0.29) is 0 Å². The number of hydrogen-bond acceptors (Lipinski definition) is 4. The maximum atomic E-state index is 6.45. The van der Waals surface area contributed by atoms with E-state index in [4.69, 9.17) is 28.2 Å². The molecule has 0 N–H and O–H groups in total. The third kappa shape index (κ3) is 3.15. The monoisotopic (exact) mass is 402 g/mol. The first kappa shape index (κ1) is 17.6. The molecule has 2 aromatic carbocycles. The molecule has 0 aliphatic carbocycles. The normalized spacial score (nSPS) is 13.0. The summed E-state index contributed by atoms with van der Waals surface area (Å²) < 4.78 is 2.10. The molecule has 0 spiro atoms. The highest BCUT2D eigenvalue weighted by Gasteiger charge is 2.24. The van der Waals surface area contributed by atoms with Crippen LogP contribution in [0.25, 0.3) is 5.69 Å². The molecule has 1 aliphatic heterocycles. The van der Waals surface area contributed by atoms with E-state index in [9.17, 15) is 0 Å². The summed E-state index contributed by atoms with van der Waals surface area (Å²) >= 11 is 14.6. The number of rotatable bonds is 4. The van der Waals surface area contributed by atoms with Crippen molar-refractivity contribution in [3.05, 3.63) is 75.3 Å². The van der Waals surface area contributed by atoms with Gasteiger partial charge in [0.25, 0.3) is 0 Å².